The monoisotopic (exact) mass is 237 g/mol. The number of nitrogens with one attached hydrogen (secondary N) is 1. The minimum absolute atomic E-state index is 0.246. The van der Waals surface area contributed by atoms with Crippen LogP contribution in [0.4, 0.5) is 5.69 Å². The van der Waals surface area contributed by atoms with Gasteiger partial charge in [-0.05, 0) is 13.1 Å². The molecule has 0 radical (unpaired) electrons. The molecule has 1 saturated heterocycles. The van der Waals surface area contributed by atoms with Crippen molar-refractivity contribution in [3.63, 3.8) is 0 Å². The topological polar surface area (TPSA) is 46.6 Å². The van der Waals surface area contributed by atoms with Gasteiger partial charge in [0.05, 0.1) is 31.7 Å². The minimum atomic E-state index is 0.246. The summed E-state index contributed by atoms with van der Waals surface area (Å²) in [6.07, 6.45) is 2.02. The summed E-state index contributed by atoms with van der Waals surface area (Å²) in [7, 11) is 3.73. The van der Waals surface area contributed by atoms with Gasteiger partial charge in [0.25, 0.3) is 0 Å². The zero-order chi connectivity index (χ0) is 12.1. The fourth-order valence-electron chi connectivity index (χ4n) is 1.83. The van der Waals surface area contributed by atoms with Crippen LogP contribution in [0.2, 0.25) is 0 Å². The van der Waals surface area contributed by atoms with Crippen molar-refractivity contribution in [3.8, 4) is 5.88 Å². The number of rotatable bonds is 4. The number of hydrogen-bond acceptors (Lipinski definition) is 5. The van der Waals surface area contributed by atoms with Gasteiger partial charge in [-0.3, -0.25) is 0 Å². The van der Waals surface area contributed by atoms with Crippen LogP contribution in [0.5, 0.6) is 5.88 Å². The lowest BCUT2D eigenvalue weighted by Crippen LogP contribution is -2.43. The summed E-state index contributed by atoms with van der Waals surface area (Å²) >= 11 is 0. The van der Waals surface area contributed by atoms with Gasteiger partial charge in [0, 0.05) is 25.7 Å². The van der Waals surface area contributed by atoms with Crippen molar-refractivity contribution in [1.29, 1.82) is 0 Å². The molecule has 1 fully saturated rings. The van der Waals surface area contributed by atoms with Crippen LogP contribution in [0.1, 0.15) is 0 Å². The number of pyridine rings is 1. The van der Waals surface area contributed by atoms with E-state index in [0.717, 1.165) is 31.9 Å². The summed E-state index contributed by atoms with van der Waals surface area (Å²) in [5, 5.41) is 3.32. The summed E-state index contributed by atoms with van der Waals surface area (Å²) in [5.41, 5.74) is 0.989. The molecule has 1 aromatic rings. The molecule has 1 aliphatic heterocycles. The third kappa shape index (κ3) is 3.57. The van der Waals surface area contributed by atoms with Crippen molar-refractivity contribution in [2.75, 3.05) is 45.7 Å². The maximum Gasteiger partial charge on any atom is 0.213 e. The van der Waals surface area contributed by atoms with Gasteiger partial charge in [0.2, 0.25) is 5.88 Å². The quantitative estimate of drug-likeness (QED) is 0.840. The highest BCUT2D eigenvalue weighted by molar-refractivity contribution is 5.42. The molecule has 5 nitrogen and oxygen atoms in total. The average molecular weight is 237 g/mol. The Balaban J connectivity index is 1.80. The van der Waals surface area contributed by atoms with Gasteiger partial charge in [-0.15, -0.1) is 0 Å². The molecule has 2 heterocycles. The molecule has 0 saturated carbocycles. The molecular weight excluding hydrogens is 218 g/mol. The highest BCUT2D eigenvalue weighted by Crippen LogP contribution is 2.11. The molecule has 5 heteroatoms. The van der Waals surface area contributed by atoms with E-state index in [-0.39, 0.29) is 6.10 Å². The zero-order valence-corrected chi connectivity index (χ0v) is 10.3. The number of ether oxygens (including phenoxy) is 2. The predicted molar refractivity (Wildman–Crippen MR) is 66.5 cm³/mol. The lowest BCUT2D eigenvalue weighted by molar-refractivity contribution is -0.0117. The summed E-state index contributed by atoms with van der Waals surface area (Å²) in [6, 6.07) is 3.80. The molecule has 0 bridgehead atoms. The van der Waals surface area contributed by atoms with Crippen LogP contribution in [0, 0.1) is 0 Å². The lowest BCUT2D eigenvalue weighted by atomic mass is 10.2. The first kappa shape index (κ1) is 12.1. The largest absolute Gasteiger partial charge is 0.481 e. The standard InChI is InChI=1S/C12H19N3O2/c1-15-5-6-17-11(9-15)8-13-10-3-4-12(16-2)14-7-10/h3-4,7,11,13H,5-6,8-9H2,1-2H3. The van der Waals surface area contributed by atoms with Crippen LogP contribution in [-0.4, -0.2) is 56.4 Å². The molecule has 1 N–H and O–H groups in total. The third-order valence-electron chi connectivity index (χ3n) is 2.82. The fourth-order valence-corrected chi connectivity index (χ4v) is 1.83. The van der Waals surface area contributed by atoms with Gasteiger partial charge < -0.3 is 19.7 Å². The van der Waals surface area contributed by atoms with Crippen molar-refractivity contribution >= 4 is 5.69 Å². The van der Waals surface area contributed by atoms with E-state index >= 15 is 0 Å². The number of hydrogen-bond donors (Lipinski definition) is 1. The van der Waals surface area contributed by atoms with E-state index < -0.39 is 0 Å². The van der Waals surface area contributed by atoms with E-state index in [1.165, 1.54) is 0 Å². The summed E-state index contributed by atoms with van der Waals surface area (Å²) in [5.74, 6) is 0.629. The highest BCUT2D eigenvalue weighted by Gasteiger charge is 2.16. The molecule has 1 aromatic heterocycles. The first-order valence-corrected chi connectivity index (χ1v) is 5.82. The Morgan fingerprint density at radius 3 is 3.12 bits per heavy atom. The molecule has 0 spiro atoms. The Hall–Kier alpha value is -1.33. The van der Waals surface area contributed by atoms with Gasteiger partial charge in [-0.2, -0.15) is 0 Å². The molecule has 1 atom stereocenters. The first-order valence-electron chi connectivity index (χ1n) is 5.82. The van der Waals surface area contributed by atoms with E-state index in [4.69, 9.17) is 9.47 Å². The van der Waals surface area contributed by atoms with Gasteiger partial charge in [0.15, 0.2) is 0 Å². The SMILES string of the molecule is COc1ccc(NCC2CN(C)CCO2)cn1. The molecule has 0 amide bonds. The van der Waals surface area contributed by atoms with E-state index in [9.17, 15) is 0 Å². The summed E-state index contributed by atoms with van der Waals surface area (Å²) in [4.78, 5) is 6.42. The molecular formula is C12H19N3O2. The number of methoxy groups -OCH3 is 1. The van der Waals surface area contributed by atoms with Crippen molar-refractivity contribution in [1.82, 2.24) is 9.88 Å². The normalized spacial score (nSPS) is 21.2. The van der Waals surface area contributed by atoms with Crippen molar-refractivity contribution in [2.24, 2.45) is 0 Å². The van der Waals surface area contributed by atoms with Crippen molar-refractivity contribution in [2.45, 2.75) is 6.10 Å². The molecule has 17 heavy (non-hydrogen) atoms. The minimum Gasteiger partial charge on any atom is -0.481 e. The van der Waals surface area contributed by atoms with Crippen LogP contribution >= 0.6 is 0 Å². The van der Waals surface area contributed by atoms with Gasteiger partial charge >= 0.3 is 0 Å². The second-order valence-electron chi connectivity index (χ2n) is 4.23. The van der Waals surface area contributed by atoms with Gasteiger partial charge in [0.1, 0.15) is 0 Å². The molecule has 94 valence electrons. The maximum atomic E-state index is 5.67. The Morgan fingerprint density at radius 1 is 1.59 bits per heavy atom. The van der Waals surface area contributed by atoms with Crippen LogP contribution in [0.3, 0.4) is 0 Å². The van der Waals surface area contributed by atoms with Crippen LogP contribution in [0.25, 0.3) is 0 Å². The number of likely N-dealkylation sites (N-methyl/N-ethyl adjacent to an activating group) is 1. The maximum absolute atomic E-state index is 5.67. The van der Waals surface area contributed by atoms with E-state index in [1.807, 2.05) is 12.1 Å². The number of nitrogens with zero attached hydrogens (tertiary/aromatic N) is 2. The molecule has 0 aromatic carbocycles. The van der Waals surface area contributed by atoms with E-state index in [2.05, 4.69) is 22.2 Å². The second-order valence-corrected chi connectivity index (χ2v) is 4.23. The first-order chi connectivity index (χ1) is 8.28. The Bertz CT molecular complexity index is 342. The van der Waals surface area contributed by atoms with Crippen molar-refractivity contribution < 1.29 is 9.47 Å². The zero-order valence-electron chi connectivity index (χ0n) is 10.3. The van der Waals surface area contributed by atoms with Crippen LogP contribution in [0.15, 0.2) is 18.3 Å². The fraction of sp³-hybridized carbons (Fsp3) is 0.583. The molecule has 1 aliphatic rings. The smallest absolute Gasteiger partial charge is 0.213 e. The third-order valence-corrected chi connectivity index (χ3v) is 2.82. The van der Waals surface area contributed by atoms with E-state index in [1.54, 1.807) is 13.3 Å². The number of morpholine rings is 1. The average Bonchev–Trinajstić information content (AvgIpc) is 2.37. The number of anilines is 1. The number of aromatic nitrogens is 1. The van der Waals surface area contributed by atoms with Crippen LogP contribution in [-0.2, 0) is 4.74 Å². The van der Waals surface area contributed by atoms with Gasteiger partial charge in [-0.25, -0.2) is 4.98 Å². The van der Waals surface area contributed by atoms with E-state index in [0.29, 0.717) is 5.88 Å². The molecule has 2 rings (SSSR count). The van der Waals surface area contributed by atoms with Crippen LogP contribution < -0.4 is 10.1 Å². The summed E-state index contributed by atoms with van der Waals surface area (Å²) in [6.45, 7) is 3.60. The van der Waals surface area contributed by atoms with Gasteiger partial charge in [-0.1, -0.05) is 0 Å². The highest BCUT2D eigenvalue weighted by atomic mass is 16.5. The lowest BCUT2D eigenvalue weighted by Gasteiger charge is -2.30. The second kappa shape index (κ2) is 5.84. The Morgan fingerprint density at radius 2 is 2.47 bits per heavy atom. The van der Waals surface area contributed by atoms with Crippen molar-refractivity contribution in [3.05, 3.63) is 18.3 Å². The Labute approximate surface area is 102 Å². The Kier molecular flexibility index (Phi) is 4.17. The predicted octanol–water partition coefficient (Wildman–Crippen LogP) is 0.833. The molecule has 0 aliphatic carbocycles. The summed E-state index contributed by atoms with van der Waals surface area (Å²) < 4.78 is 10.7. The molecule has 1 unspecified atom stereocenters.